The van der Waals surface area contributed by atoms with Gasteiger partial charge in [0, 0.05) is 12.8 Å². The van der Waals surface area contributed by atoms with Crippen molar-refractivity contribution in [2.24, 2.45) is 0 Å². The minimum atomic E-state index is -4.38. The maximum atomic E-state index is 12.6. The third-order valence-corrected chi connectivity index (χ3v) is 3.14. The first-order chi connectivity index (χ1) is 9.84. The van der Waals surface area contributed by atoms with Crippen molar-refractivity contribution in [3.63, 3.8) is 0 Å². The van der Waals surface area contributed by atoms with E-state index in [1.54, 1.807) is 6.07 Å². The number of aryl methyl sites for hydroxylation is 1. The van der Waals surface area contributed by atoms with Crippen molar-refractivity contribution in [3.05, 3.63) is 70.8 Å². The van der Waals surface area contributed by atoms with Crippen LogP contribution in [0.25, 0.3) is 0 Å². The molecule has 2 aromatic rings. The van der Waals surface area contributed by atoms with Crippen molar-refractivity contribution in [2.45, 2.75) is 25.9 Å². The van der Waals surface area contributed by atoms with E-state index < -0.39 is 11.7 Å². The molecule has 2 aromatic carbocycles. The van der Waals surface area contributed by atoms with Gasteiger partial charge in [0.1, 0.15) is 5.78 Å². The zero-order chi connectivity index (χ0) is 15.5. The van der Waals surface area contributed by atoms with Gasteiger partial charge in [0.05, 0.1) is 5.56 Å². The molecule has 0 saturated carbocycles. The van der Waals surface area contributed by atoms with Crippen LogP contribution < -0.4 is 0 Å². The summed E-state index contributed by atoms with van der Waals surface area (Å²) in [5, 5.41) is 0. The summed E-state index contributed by atoms with van der Waals surface area (Å²) in [6.45, 7) is 1.93. The Bertz CT molecular complexity index is 644. The summed E-state index contributed by atoms with van der Waals surface area (Å²) < 4.78 is 37.8. The Kier molecular flexibility index (Phi) is 4.46. The second kappa shape index (κ2) is 6.12. The van der Waals surface area contributed by atoms with Gasteiger partial charge >= 0.3 is 6.18 Å². The van der Waals surface area contributed by atoms with Crippen molar-refractivity contribution < 1.29 is 18.0 Å². The first kappa shape index (κ1) is 15.3. The quantitative estimate of drug-likeness (QED) is 0.818. The Labute approximate surface area is 121 Å². The van der Waals surface area contributed by atoms with E-state index >= 15 is 0 Å². The first-order valence-corrected chi connectivity index (χ1v) is 6.58. The normalized spacial score (nSPS) is 11.4. The highest BCUT2D eigenvalue weighted by atomic mass is 19.4. The van der Waals surface area contributed by atoms with Crippen LogP contribution in [0.5, 0.6) is 0 Å². The van der Waals surface area contributed by atoms with Gasteiger partial charge in [0.15, 0.2) is 0 Å². The largest absolute Gasteiger partial charge is 0.416 e. The van der Waals surface area contributed by atoms with Crippen LogP contribution in [0.4, 0.5) is 13.2 Å². The average molecular weight is 292 g/mol. The van der Waals surface area contributed by atoms with Crippen molar-refractivity contribution in [1.29, 1.82) is 0 Å². The van der Waals surface area contributed by atoms with Crippen molar-refractivity contribution >= 4 is 5.78 Å². The zero-order valence-corrected chi connectivity index (χ0v) is 11.6. The maximum absolute atomic E-state index is 12.6. The molecule has 0 saturated heterocycles. The number of carbonyl (C=O) groups is 1. The molecule has 4 heteroatoms. The van der Waals surface area contributed by atoms with Crippen LogP contribution >= 0.6 is 0 Å². The number of rotatable bonds is 4. The molecule has 110 valence electrons. The number of carbonyl (C=O) groups excluding carboxylic acids is 1. The lowest BCUT2D eigenvalue weighted by Crippen LogP contribution is -2.09. The molecule has 0 bridgehead atoms. The lowest BCUT2D eigenvalue weighted by atomic mass is 10.0. The monoisotopic (exact) mass is 292 g/mol. The summed E-state index contributed by atoms with van der Waals surface area (Å²) in [6, 6.07) is 12.5. The minimum absolute atomic E-state index is 0.0118. The van der Waals surface area contributed by atoms with E-state index in [1.807, 2.05) is 31.2 Å². The van der Waals surface area contributed by atoms with Gasteiger partial charge in [-0.25, -0.2) is 0 Å². The molecule has 0 amide bonds. The molecule has 0 heterocycles. The summed E-state index contributed by atoms with van der Waals surface area (Å²) in [4.78, 5) is 12.0. The number of hydrogen-bond acceptors (Lipinski definition) is 1. The van der Waals surface area contributed by atoms with Crippen LogP contribution in [0, 0.1) is 6.92 Å². The van der Waals surface area contributed by atoms with Gasteiger partial charge < -0.3 is 0 Å². The van der Waals surface area contributed by atoms with E-state index in [1.165, 1.54) is 6.07 Å². The van der Waals surface area contributed by atoms with E-state index in [-0.39, 0.29) is 18.6 Å². The molecule has 0 spiro atoms. The standard InChI is InChI=1S/C17H15F3O/c1-12-4-2-5-13(8-12)10-16(21)11-14-6-3-7-15(9-14)17(18,19)20/h2-9H,10-11H2,1H3. The summed E-state index contributed by atoms with van der Waals surface area (Å²) >= 11 is 0. The van der Waals surface area contributed by atoms with Crippen LogP contribution in [0.15, 0.2) is 48.5 Å². The van der Waals surface area contributed by atoms with Gasteiger partial charge in [0.2, 0.25) is 0 Å². The molecular formula is C17H15F3O. The number of Topliss-reactive ketones (excluding diaryl/α,β-unsaturated/α-hetero) is 1. The number of hydrogen-bond donors (Lipinski definition) is 0. The van der Waals surface area contributed by atoms with E-state index in [0.29, 0.717) is 5.56 Å². The molecule has 0 aliphatic rings. The third kappa shape index (κ3) is 4.45. The second-order valence-corrected chi connectivity index (χ2v) is 5.08. The topological polar surface area (TPSA) is 17.1 Å². The van der Waals surface area contributed by atoms with Gasteiger partial charge in [0.25, 0.3) is 0 Å². The van der Waals surface area contributed by atoms with Crippen molar-refractivity contribution in [1.82, 2.24) is 0 Å². The molecule has 0 unspecified atom stereocenters. The van der Waals surface area contributed by atoms with Crippen LogP contribution in [-0.4, -0.2) is 5.78 Å². The Morgan fingerprint density at radius 1 is 0.952 bits per heavy atom. The molecule has 2 rings (SSSR count). The molecule has 21 heavy (non-hydrogen) atoms. The predicted octanol–water partition coefficient (Wildman–Crippen LogP) is 4.37. The Balaban J connectivity index is 2.06. The smallest absolute Gasteiger partial charge is 0.299 e. The van der Waals surface area contributed by atoms with Crippen LogP contribution in [0.2, 0.25) is 0 Å². The molecule has 0 N–H and O–H groups in total. The lowest BCUT2D eigenvalue weighted by Gasteiger charge is -2.08. The fourth-order valence-corrected chi connectivity index (χ4v) is 2.20. The van der Waals surface area contributed by atoms with Crippen LogP contribution in [0.1, 0.15) is 22.3 Å². The average Bonchev–Trinajstić information content (AvgIpc) is 2.37. The molecule has 0 radical (unpaired) electrons. The van der Waals surface area contributed by atoms with E-state index in [4.69, 9.17) is 0 Å². The summed E-state index contributed by atoms with van der Waals surface area (Å²) in [5.74, 6) is -0.0973. The van der Waals surface area contributed by atoms with E-state index in [0.717, 1.165) is 23.3 Å². The molecular weight excluding hydrogens is 277 g/mol. The molecule has 0 atom stereocenters. The second-order valence-electron chi connectivity index (χ2n) is 5.08. The third-order valence-electron chi connectivity index (χ3n) is 3.14. The summed E-state index contributed by atoms with van der Waals surface area (Å²) in [5.41, 5.74) is 1.61. The molecule has 1 nitrogen and oxygen atoms in total. The van der Waals surface area contributed by atoms with Crippen molar-refractivity contribution in [2.75, 3.05) is 0 Å². The minimum Gasteiger partial charge on any atom is -0.299 e. The van der Waals surface area contributed by atoms with E-state index in [2.05, 4.69) is 0 Å². The van der Waals surface area contributed by atoms with Crippen LogP contribution in [-0.2, 0) is 23.8 Å². The highest BCUT2D eigenvalue weighted by molar-refractivity contribution is 5.83. The SMILES string of the molecule is Cc1cccc(CC(=O)Cc2cccc(C(F)(F)F)c2)c1. The van der Waals surface area contributed by atoms with Gasteiger partial charge in [-0.1, -0.05) is 48.0 Å². The highest BCUT2D eigenvalue weighted by Gasteiger charge is 2.30. The van der Waals surface area contributed by atoms with Crippen LogP contribution in [0.3, 0.4) is 0 Å². The van der Waals surface area contributed by atoms with Crippen molar-refractivity contribution in [3.8, 4) is 0 Å². The fraction of sp³-hybridized carbons (Fsp3) is 0.235. The molecule has 0 aliphatic heterocycles. The van der Waals surface area contributed by atoms with Gasteiger partial charge in [-0.15, -0.1) is 0 Å². The molecule has 0 fully saturated rings. The molecule has 0 aromatic heterocycles. The first-order valence-electron chi connectivity index (χ1n) is 6.58. The predicted molar refractivity (Wildman–Crippen MR) is 75.0 cm³/mol. The summed E-state index contributed by atoms with van der Waals surface area (Å²) in [6.07, 6.45) is -4.13. The molecule has 0 aliphatic carbocycles. The fourth-order valence-electron chi connectivity index (χ4n) is 2.20. The van der Waals surface area contributed by atoms with Gasteiger partial charge in [-0.2, -0.15) is 13.2 Å². The summed E-state index contributed by atoms with van der Waals surface area (Å²) in [7, 11) is 0. The number of halogens is 3. The van der Waals surface area contributed by atoms with E-state index in [9.17, 15) is 18.0 Å². The van der Waals surface area contributed by atoms with Gasteiger partial charge in [-0.3, -0.25) is 4.79 Å². The Morgan fingerprint density at radius 2 is 1.52 bits per heavy atom. The highest BCUT2D eigenvalue weighted by Crippen LogP contribution is 2.29. The lowest BCUT2D eigenvalue weighted by molar-refractivity contribution is -0.137. The number of alkyl halides is 3. The van der Waals surface area contributed by atoms with Gasteiger partial charge in [-0.05, 0) is 24.1 Å². The number of ketones is 1. The Morgan fingerprint density at radius 3 is 2.10 bits per heavy atom. The maximum Gasteiger partial charge on any atom is 0.416 e. The number of benzene rings is 2. The Hall–Kier alpha value is -2.10. The zero-order valence-electron chi connectivity index (χ0n) is 11.6.